The third kappa shape index (κ3) is 2.33. The number of aromatic nitrogens is 3. The van der Waals surface area contributed by atoms with Gasteiger partial charge in [-0.1, -0.05) is 6.07 Å². The first kappa shape index (κ1) is 13.2. The van der Waals surface area contributed by atoms with Gasteiger partial charge in [0.2, 0.25) is 0 Å². The Morgan fingerprint density at radius 1 is 1.19 bits per heavy atom. The van der Waals surface area contributed by atoms with Crippen molar-refractivity contribution < 1.29 is 18.7 Å². The quantitative estimate of drug-likeness (QED) is 0.803. The van der Waals surface area contributed by atoms with Crippen molar-refractivity contribution in [1.82, 2.24) is 14.6 Å². The van der Waals surface area contributed by atoms with Gasteiger partial charge in [0.05, 0.1) is 0 Å². The lowest BCUT2D eigenvalue weighted by Gasteiger charge is -2.02. The zero-order valence-corrected chi connectivity index (χ0v) is 10.6. The van der Waals surface area contributed by atoms with Gasteiger partial charge in [0.15, 0.2) is 17.3 Å². The monoisotopic (exact) mass is 289 g/mol. The van der Waals surface area contributed by atoms with E-state index >= 15 is 0 Å². The van der Waals surface area contributed by atoms with Crippen LogP contribution in [0.5, 0.6) is 0 Å². The Hall–Kier alpha value is -2.83. The van der Waals surface area contributed by atoms with E-state index in [4.69, 9.17) is 5.11 Å². The number of rotatable bonds is 3. The number of carboxylic acids is 1. The maximum absolute atomic E-state index is 13.2. The molecule has 3 rings (SSSR count). The Labute approximate surface area is 117 Å². The van der Waals surface area contributed by atoms with Gasteiger partial charge in [-0.05, 0) is 29.8 Å². The van der Waals surface area contributed by atoms with E-state index in [2.05, 4.69) is 10.2 Å². The van der Waals surface area contributed by atoms with Crippen LogP contribution in [-0.2, 0) is 6.42 Å². The fourth-order valence-corrected chi connectivity index (χ4v) is 2.08. The van der Waals surface area contributed by atoms with Crippen LogP contribution in [0.4, 0.5) is 8.78 Å². The van der Waals surface area contributed by atoms with E-state index in [0.717, 1.165) is 12.1 Å². The summed E-state index contributed by atoms with van der Waals surface area (Å²) >= 11 is 0. The highest BCUT2D eigenvalue weighted by atomic mass is 19.2. The van der Waals surface area contributed by atoms with Crippen LogP contribution in [0, 0.1) is 11.6 Å². The lowest BCUT2D eigenvalue weighted by atomic mass is 10.1. The van der Waals surface area contributed by atoms with E-state index < -0.39 is 17.6 Å². The van der Waals surface area contributed by atoms with E-state index in [-0.39, 0.29) is 17.6 Å². The van der Waals surface area contributed by atoms with Gasteiger partial charge in [-0.3, -0.25) is 4.40 Å². The molecule has 1 aromatic carbocycles. The van der Waals surface area contributed by atoms with Crippen LogP contribution in [0.1, 0.15) is 21.7 Å². The van der Waals surface area contributed by atoms with Gasteiger partial charge in [0.25, 0.3) is 0 Å². The molecule has 0 aliphatic carbocycles. The molecule has 0 atom stereocenters. The van der Waals surface area contributed by atoms with Crippen molar-refractivity contribution in [3.8, 4) is 0 Å². The molecular formula is C14H9F2N3O2. The molecule has 7 heteroatoms. The van der Waals surface area contributed by atoms with E-state index in [0.29, 0.717) is 11.4 Å². The van der Waals surface area contributed by atoms with Crippen LogP contribution in [-0.4, -0.2) is 25.7 Å². The minimum absolute atomic E-state index is 0.0292. The Morgan fingerprint density at radius 2 is 2.00 bits per heavy atom. The predicted octanol–water partition coefficient (Wildman–Crippen LogP) is 2.30. The Morgan fingerprint density at radius 3 is 2.71 bits per heavy atom. The van der Waals surface area contributed by atoms with E-state index in [9.17, 15) is 13.6 Å². The zero-order chi connectivity index (χ0) is 15.0. The number of halogens is 2. The Balaban J connectivity index is 2.03. The van der Waals surface area contributed by atoms with Gasteiger partial charge >= 0.3 is 5.97 Å². The summed E-state index contributed by atoms with van der Waals surface area (Å²) in [6.07, 6.45) is 1.83. The summed E-state index contributed by atoms with van der Waals surface area (Å²) in [5, 5.41) is 16.8. The van der Waals surface area contributed by atoms with Gasteiger partial charge in [-0.15, -0.1) is 10.2 Å². The average molecular weight is 289 g/mol. The second-order valence-electron chi connectivity index (χ2n) is 4.46. The highest BCUT2D eigenvalue weighted by molar-refractivity contribution is 5.94. The summed E-state index contributed by atoms with van der Waals surface area (Å²) in [4.78, 5) is 11.1. The lowest BCUT2D eigenvalue weighted by molar-refractivity contribution is 0.0698. The maximum atomic E-state index is 13.2. The topological polar surface area (TPSA) is 67.5 Å². The summed E-state index contributed by atoms with van der Waals surface area (Å²) in [6, 6.07) is 6.55. The third-order valence-electron chi connectivity index (χ3n) is 3.08. The molecule has 0 fully saturated rings. The van der Waals surface area contributed by atoms with Crippen LogP contribution in [0.2, 0.25) is 0 Å². The fraction of sp³-hybridized carbons (Fsp3) is 0.0714. The minimum Gasteiger partial charge on any atom is -0.478 e. The predicted molar refractivity (Wildman–Crippen MR) is 69.1 cm³/mol. The molecule has 0 aliphatic rings. The maximum Gasteiger partial charge on any atom is 0.339 e. The summed E-state index contributed by atoms with van der Waals surface area (Å²) in [6.45, 7) is 0. The van der Waals surface area contributed by atoms with Crippen molar-refractivity contribution in [2.45, 2.75) is 6.42 Å². The van der Waals surface area contributed by atoms with Crippen molar-refractivity contribution in [2.24, 2.45) is 0 Å². The normalized spacial score (nSPS) is 11.0. The van der Waals surface area contributed by atoms with Gasteiger partial charge < -0.3 is 5.11 Å². The number of aromatic carboxylic acids is 1. The summed E-state index contributed by atoms with van der Waals surface area (Å²) < 4.78 is 27.6. The number of carbonyl (C=O) groups is 1. The molecule has 0 saturated heterocycles. The van der Waals surface area contributed by atoms with Crippen molar-refractivity contribution >= 4 is 11.6 Å². The summed E-state index contributed by atoms with van der Waals surface area (Å²) in [7, 11) is 0. The highest BCUT2D eigenvalue weighted by Crippen LogP contribution is 2.15. The molecule has 2 heterocycles. The molecule has 0 spiro atoms. The van der Waals surface area contributed by atoms with Crippen LogP contribution < -0.4 is 0 Å². The number of hydrogen-bond acceptors (Lipinski definition) is 3. The van der Waals surface area contributed by atoms with Crippen molar-refractivity contribution in [3.05, 3.63) is 65.1 Å². The Kier molecular flexibility index (Phi) is 3.09. The molecule has 3 aromatic rings. The zero-order valence-electron chi connectivity index (χ0n) is 10.6. The second-order valence-corrected chi connectivity index (χ2v) is 4.46. The first-order valence-corrected chi connectivity index (χ1v) is 6.06. The highest BCUT2D eigenvalue weighted by Gasteiger charge is 2.14. The number of benzene rings is 1. The standard InChI is InChI=1S/C14H9F2N3O2/c15-10-4-3-8(6-11(10)16)7-12-17-18-13-9(14(20)21)2-1-5-19(12)13/h1-6H,7H2,(H,20,21). The number of hydrogen-bond donors (Lipinski definition) is 1. The van der Waals surface area contributed by atoms with Crippen LogP contribution in [0.25, 0.3) is 5.65 Å². The SMILES string of the molecule is O=C(O)c1cccn2c(Cc3ccc(F)c(F)c3)nnc12. The van der Waals surface area contributed by atoms with Crippen LogP contribution >= 0.6 is 0 Å². The number of fused-ring (bicyclic) bond motifs is 1. The molecule has 0 saturated carbocycles. The van der Waals surface area contributed by atoms with Gasteiger partial charge in [0, 0.05) is 12.6 Å². The number of nitrogens with zero attached hydrogens (tertiary/aromatic N) is 3. The molecule has 2 aromatic heterocycles. The van der Waals surface area contributed by atoms with Gasteiger partial charge in [-0.2, -0.15) is 0 Å². The molecule has 0 bridgehead atoms. The van der Waals surface area contributed by atoms with E-state index in [1.165, 1.54) is 16.5 Å². The molecule has 0 aliphatic heterocycles. The smallest absolute Gasteiger partial charge is 0.339 e. The average Bonchev–Trinajstić information content (AvgIpc) is 2.86. The molecular weight excluding hydrogens is 280 g/mol. The first-order chi connectivity index (χ1) is 10.1. The molecule has 0 amide bonds. The third-order valence-corrected chi connectivity index (χ3v) is 3.08. The molecule has 5 nitrogen and oxygen atoms in total. The van der Waals surface area contributed by atoms with E-state index in [1.807, 2.05) is 0 Å². The Bertz CT molecular complexity index is 845. The summed E-state index contributed by atoms with van der Waals surface area (Å²) in [5.41, 5.74) is 0.757. The molecule has 21 heavy (non-hydrogen) atoms. The molecule has 0 radical (unpaired) electrons. The van der Waals surface area contributed by atoms with Gasteiger partial charge in [-0.25, -0.2) is 13.6 Å². The number of carboxylic acid groups (broad SMARTS) is 1. The van der Waals surface area contributed by atoms with E-state index in [1.54, 1.807) is 12.3 Å². The minimum atomic E-state index is -1.10. The first-order valence-electron chi connectivity index (χ1n) is 6.06. The van der Waals surface area contributed by atoms with Crippen molar-refractivity contribution in [1.29, 1.82) is 0 Å². The number of pyridine rings is 1. The van der Waals surface area contributed by atoms with Gasteiger partial charge in [0.1, 0.15) is 11.4 Å². The van der Waals surface area contributed by atoms with Crippen molar-refractivity contribution in [3.63, 3.8) is 0 Å². The summed E-state index contributed by atoms with van der Waals surface area (Å²) in [5.74, 6) is -2.52. The fourth-order valence-electron chi connectivity index (χ4n) is 2.08. The lowest BCUT2D eigenvalue weighted by Crippen LogP contribution is -2.02. The molecule has 106 valence electrons. The molecule has 0 unspecified atom stereocenters. The van der Waals surface area contributed by atoms with Crippen molar-refractivity contribution in [2.75, 3.05) is 0 Å². The second kappa shape index (κ2) is 4.93. The van der Waals surface area contributed by atoms with Crippen LogP contribution in [0.15, 0.2) is 36.5 Å². The molecule has 1 N–H and O–H groups in total. The largest absolute Gasteiger partial charge is 0.478 e. The van der Waals surface area contributed by atoms with Crippen LogP contribution in [0.3, 0.4) is 0 Å².